The topological polar surface area (TPSA) is 99.5 Å². The Morgan fingerprint density at radius 1 is 1.03 bits per heavy atom. The van der Waals surface area contributed by atoms with Crippen LogP contribution in [0.15, 0.2) is 85.4 Å². The van der Waals surface area contributed by atoms with Gasteiger partial charge in [0.15, 0.2) is 5.58 Å². The van der Waals surface area contributed by atoms with Gasteiger partial charge in [0.1, 0.15) is 0 Å². The van der Waals surface area contributed by atoms with Crippen molar-refractivity contribution in [1.82, 2.24) is 10.3 Å². The normalized spacial score (nSPS) is 12.1. The molecule has 168 valence electrons. The number of H-pyrrole nitrogens is 1. The van der Waals surface area contributed by atoms with Crippen molar-refractivity contribution in [2.45, 2.75) is 26.2 Å². The number of aromatic amines is 1. The number of fused-ring (bicyclic) bond motifs is 1. The van der Waals surface area contributed by atoms with E-state index in [1.54, 1.807) is 42.5 Å². The molecule has 8 heteroatoms. The minimum absolute atomic E-state index is 0.144. The zero-order valence-corrected chi connectivity index (χ0v) is 20.0. The summed E-state index contributed by atoms with van der Waals surface area (Å²) in [6.07, 6.45) is 0. The third-order valence-corrected chi connectivity index (χ3v) is 5.50. The number of halogens is 1. The van der Waals surface area contributed by atoms with Crippen molar-refractivity contribution in [3.05, 3.63) is 92.9 Å². The van der Waals surface area contributed by atoms with Crippen molar-refractivity contribution in [1.29, 1.82) is 0 Å². The number of benzene rings is 3. The fourth-order valence-electron chi connectivity index (χ4n) is 3.35. The molecule has 4 rings (SSSR count). The van der Waals surface area contributed by atoms with E-state index in [1.165, 1.54) is 0 Å². The SMILES string of the molecule is CC(C)(C)c1ccccc1N=C(NC(=O)c1ccc(Br)cc1)Nc1ccc2[nH]c(=O)oc2c1. The molecule has 0 saturated carbocycles. The molecule has 4 aromatic rings. The molecule has 7 nitrogen and oxygen atoms in total. The molecule has 33 heavy (non-hydrogen) atoms. The molecule has 0 saturated heterocycles. The number of aliphatic imine (C=N–C) groups is 1. The number of nitrogens with zero attached hydrogens (tertiary/aromatic N) is 1. The zero-order chi connectivity index (χ0) is 23.6. The van der Waals surface area contributed by atoms with Crippen LogP contribution in [0.4, 0.5) is 11.4 Å². The lowest BCUT2D eigenvalue weighted by atomic mass is 9.86. The number of guanidine groups is 1. The van der Waals surface area contributed by atoms with Gasteiger partial charge in [-0.15, -0.1) is 0 Å². The van der Waals surface area contributed by atoms with E-state index in [0.717, 1.165) is 15.7 Å². The molecular formula is C25H23BrN4O3. The van der Waals surface area contributed by atoms with Crippen molar-refractivity contribution in [3.63, 3.8) is 0 Å². The lowest BCUT2D eigenvalue weighted by Gasteiger charge is -2.21. The van der Waals surface area contributed by atoms with E-state index in [0.29, 0.717) is 22.4 Å². The number of anilines is 1. The second-order valence-electron chi connectivity index (χ2n) is 8.54. The largest absolute Gasteiger partial charge is 0.417 e. The Morgan fingerprint density at radius 3 is 2.48 bits per heavy atom. The monoisotopic (exact) mass is 506 g/mol. The number of rotatable bonds is 3. The van der Waals surface area contributed by atoms with Crippen molar-refractivity contribution < 1.29 is 9.21 Å². The van der Waals surface area contributed by atoms with Crippen LogP contribution in [0.1, 0.15) is 36.7 Å². The van der Waals surface area contributed by atoms with Gasteiger partial charge >= 0.3 is 5.76 Å². The number of hydrogen-bond acceptors (Lipinski definition) is 4. The first kappa shape index (κ1) is 22.5. The molecule has 1 aromatic heterocycles. The molecule has 3 N–H and O–H groups in total. The van der Waals surface area contributed by atoms with Gasteiger partial charge in [-0.05, 0) is 53.4 Å². The molecule has 0 fully saturated rings. The molecule has 1 heterocycles. The second-order valence-corrected chi connectivity index (χ2v) is 9.45. The first-order chi connectivity index (χ1) is 15.7. The number of oxazole rings is 1. The third-order valence-electron chi connectivity index (χ3n) is 4.97. The van der Waals surface area contributed by atoms with Gasteiger partial charge in [-0.2, -0.15) is 0 Å². The van der Waals surface area contributed by atoms with Crippen molar-refractivity contribution >= 4 is 50.3 Å². The molecule has 0 radical (unpaired) electrons. The number of para-hydroxylation sites is 1. The first-order valence-corrected chi connectivity index (χ1v) is 11.1. The highest BCUT2D eigenvalue weighted by Gasteiger charge is 2.18. The lowest BCUT2D eigenvalue weighted by Crippen LogP contribution is -2.36. The van der Waals surface area contributed by atoms with Crippen LogP contribution in [-0.4, -0.2) is 16.9 Å². The van der Waals surface area contributed by atoms with E-state index in [-0.39, 0.29) is 17.3 Å². The molecule has 0 aliphatic rings. The standard InChI is InChI=1S/C25H23BrN4O3/c1-25(2,3)18-6-4-5-7-19(18)28-23(30-22(31)15-8-10-16(26)11-9-15)27-17-12-13-20-21(14-17)33-24(32)29-20/h4-14H,1-3H3,(H,29,32)(H2,27,28,30,31). The molecule has 3 aromatic carbocycles. The highest BCUT2D eigenvalue weighted by atomic mass is 79.9. The van der Waals surface area contributed by atoms with E-state index < -0.39 is 5.76 Å². The molecule has 0 aliphatic carbocycles. The number of amides is 1. The minimum atomic E-state index is -0.529. The Bertz CT molecular complexity index is 1400. The van der Waals surface area contributed by atoms with Crippen molar-refractivity contribution in [3.8, 4) is 0 Å². The van der Waals surface area contributed by atoms with Crippen LogP contribution in [0.25, 0.3) is 11.1 Å². The Hall–Kier alpha value is -3.65. The molecular weight excluding hydrogens is 484 g/mol. The summed E-state index contributed by atoms with van der Waals surface area (Å²) in [5, 5.41) is 6.02. The van der Waals surface area contributed by atoms with E-state index in [1.807, 2.05) is 24.3 Å². The Morgan fingerprint density at radius 2 is 1.76 bits per heavy atom. The molecule has 0 atom stereocenters. The predicted molar refractivity (Wildman–Crippen MR) is 134 cm³/mol. The molecule has 0 unspecified atom stereocenters. The van der Waals surface area contributed by atoms with E-state index in [9.17, 15) is 9.59 Å². The Kier molecular flexibility index (Phi) is 6.20. The van der Waals surface area contributed by atoms with Crippen LogP contribution in [0.5, 0.6) is 0 Å². The summed E-state index contributed by atoms with van der Waals surface area (Å²) in [6.45, 7) is 6.32. The number of carbonyl (C=O) groups excluding carboxylic acids is 1. The van der Waals surface area contributed by atoms with E-state index in [2.05, 4.69) is 52.3 Å². The van der Waals surface area contributed by atoms with Crippen LogP contribution in [0.2, 0.25) is 0 Å². The van der Waals surface area contributed by atoms with E-state index in [4.69, 9.17) is 9.41 Å². The number of carbonyl (C=O) groups is 1. The molecule has 0 spiro atoms. The van der Waals surface area contributed by atoms with Gasteiger partial charge in [-0.3, -0.25) is 15.1 Å². The lowest BCUT2D eigenvalue weighted by molar-refractivity contribution is 0.0977. The fourth-order valence-corrected chi connectivity index (χ4v) is 3.62. The smallest absolute Gasteiger partial charge is 0.408 e. The minimum Gasteiger partial charge on any atom is -0.408 e. The van der Waals surface area contributed by atoms with Crippen LogP contribution in [0.3, 0.4) is 0 Å². The highest BCUT2D eigenvalue weighted by Crippen LogP contribution is 2.31. The number of nitrogens with one attached hydrogen (secondary N) is 3. The summed E-state index contributed by atoms with van der Waals surface area (Å²) >= 11 is 3.38. The Labute approximate surface area is 199 Å². The van der Waals surface area contributed by atoms with Gasteiger partial charge in [-0.1, -0.05) is 54.9 Å². The van der Waals surface area contributed by atoms with E-state index >= 15 is 0 Å². The summed E-state index contributed by atoms with van der Waals surface area (Å²) in [5.74, 6) is -0.591. The van der Waals surface area contributed by atoms with Gasteiger partial charge in [0, 0.05) is 21.8 Å². The van der Waals surface area contributed by atoms with Crippen LogP contribution in [0, 0.1) is 0 Å². The van der Waals surface area contributed by atoms with Gasteiger partial charge in [0.2, 0.25) is 5.96 Å². The fraction of sp³-hybridized carbons (Fsp3) is 0.160. The quantitative estimate of drug-likeness (QED) is 0.244. The van der Waals surface area contributed by atoms with Crippen LogP contribution >= 0.6 is 15.9 Å². The van der Waals surface area contributed by atoms with Gasteiger partial charge in [0.25, 0.3) is 5.91 Å². The number of hydrogen-bond donors (Lipinski definition) is 3. The van der Waals surface area contributed by atoms with Gasteiger partial charge in [0.05, 0.1) is 11.2 Å². The summed E-state index contributed by atoms with van der Waals surface area (Å²) < 4.78 is 6.03. The third kappa shape index (κ3) is 5.40. The molecule has 0 aliphatic heterocycles. The summed E-state index contributed by atoms with van der Waals surface area (Å²) in [7, 11) is 0. The summed E-state index contributed by atoms with van der Waals surface area (Å²) in [4.78, 5) is 31.8. The average molecular weight is 507 g/mol. The highest BCUT2D eigenvalue weighted by molar-refractivity contribution is 9.10. The summed E-state index contributed by atoms with van der Waals surface area (Å²) in [6, 6.07) is 20.0. The maximum absolute atomic E-state index is 12.9. The van der Waals surface area contributed by atoms with Crippen LogP contribution < -0.4 is 16.4 Å². The molecule has 0 bridgehead atoms. The van der Waals surface area contributed by atoms with Crippen molar-refractivity contribution in [2.75, 3.05) is 5.32 Å². The summed E-state index contributed by atoms with van der Waals surface area (Å²) in [5.41, 5.74) is 3.71. The van der Waals surface area contributed by atoms with Gasteiger partial charge < -0.3 is 9.73 Å². The van der Waals surface area contributed by atoms with Crippen molar-refractivity contribution in [2.24, 2.45) is 4.99 Å². The number of aromatic nitrogens is 1. The maximum Gasteiger partial charge on any atom is 0.417 e. The maximum atomic E-state index is 12.9. The first-order valence-electron chi connectivity index (χ1n) is 10.3. The zero-order valence-electron chi connectivity index (χ0n) is 18.4. The average Bonchev–Trinajstić information content (AvgIpc) is 3.13. The second kappa shape index (κ2) is 9.07. The van der Waals surface area contributed by atoms with Gasteiger partial charge in [-0.25, -0.2) is 9.79 Å². The Balaban J connectivity index is 1.72. The van der Waals surface area contributed by atoms with Crippen LogP contribution in [-0.2, 0) is 5.41 Å². The molecule has 1 amide bonds. The predicted octanol–water partition coefficient (Wildman–Crippen LogP) is 5.71.